The highest BCUT2D eigenvalue weighted by Gasteiger charge is 2.20. The number of ether oxygens (including phenoxy) is 1. The summed E-state index contributed by atoms with van der Waals surface area (Å²) in [6, 6.07) is 13.9. The summed E-state index contributed by atoms with van der Waals surface area (Å²) in [5.74, 6) is -3.62. The van der Waals surface area contributed by atoms with E-state index in [2.05, 4.69) is 5.32 Å². The maximum absolute atomic E-state index is 12.3. The first-order valence-electron chi connectivity index (χ1n) is 9.75. The SMILES string of the molecule is C[C@@H](Oc1ccc2c(-c3ccccc3)cc(=O)oc2c1)C(=O)N[C@@H](CCC(=O)[O-])C(=O)[O-]. The number of carbonyl (C=O) groups is 3. The Hall–Kier alpha value is -4.14. The van der Waals surface area contributed by atoms with E-state index >= 15 is 0 Å². The molecule has 3 rings (SSSR count). The average molecular weight is 437 g/mol. The number of aliphatic carboxylic acids is 2. The third-order valence-corrected chi connectivity index (χ3v) is 4.72. The fourth-order valence-electron chi connectivity index (χ4n) is 3.13. The summed E-state index contributed by atoms with van der Waals surface area (Å²) in [6.45, 7) is 1.39. The molecule has 0 aliphatic carbocycles. The van der Waals surface area contributed by atoms with E-state index in [-0.39, 0.29) is 17.8 Å². The van der Waals surface area contributed by atoms with Crippen LogP contribution >= 0.6 is 0 Å². The zero-order chi connectivity index (χ0) is 23.3. The Morgan fingerprint density at radius 1 is 1.06 bits per heavy atom. The van der Waals surface area contributed by atoms with Gasteiger partial charge in [-0.2, -0.15) is 0 Å². The Labute approximate surface area is 182 Å². The molecule has 0 fully saturated rings. The van der Waals surface area contributed by atoms with Gasteiger partial charge in [-0.25, -0.2) is 4.79 Å². The normalized spacial score (nSPS) is 12.7. The molecule has 1 aromatic heterocycles. The van der Waals surface area contributed by atoms with Crippen molar-refractivity contribution >= 4 is 28.8 Å². The summed E-state index contributed by atoms with van der Waals surface area (Å²) in [7, 11) is 0. The first kappa shape index (κ1) is 22.5. The van der Waals surface area contributed by atoms with Gasteiger partial charge in [0.25, 0.3) is 5.91 Å². The second-order valence-corrected chi connectivity index (χ2v) is 7.05. The fraction of sp³-hybridized carbons (Fsp3) is 0.217. The number of carboxylic acids is 2. The van der Waals surface area contributed by atoms with E-state index in [9.17, 15) is 29.4 Å². The fourth-order valence-corrected chi connectivity index (χ4v) is 3.13. The van der Waals surface area contributed by atoms with Crippen LogP contribution in [0.3, 0.4) is 0 Å². The first-order valence-corrected chi connectivity index (χ1v) is 9.75. The molecule has 0 bridgehead atoms. The molecule has 1 amide bonds. The molecule has 32 heavy (non-hydrogen) atoms. The number of fused-ring (bicyclic) bond motifs is 1. The van der Waals surface area contributed by atoms with Crippen molar-refractivity contribution in [3.8, 4) is 16.9 Å². The molecule has 0 aliphatic heterocycles. The minimum Gasteiger partial charge on any atom is -0.550 e. The van der Waals surface area contributed by atoms with Gasteiger partial charge in [-0.1, -0.05) is 30.3 Å². The molecule has 1 heterocycles. The Morgan fingerprint density at radius 2 is 1.78 bits per heavy atom. The van der Waals surface area contributed by atoms with Gasteiger partial charge in [0.15, 0.2) is 6.10 Å². The van der Waals surface area contributed by atoms with Gasteiger partial charge in [0.1, 0.15) is 11.3 Å². The molecular formula is C23H19NO8-2. The molecule has 3 aromatic rings. The van der Waals surface area contributed by atoms with E-state index in [1.165, 1.54) is 19.1 Å². The van der Waals surface area contributed by atoms with Crippen molar-refractivity contribution in [1.29, 1.82) is 0 Å². The molecule has 1 N–H and O–H groups in total. The van der Waals surface area contributed by atoms with Crippen molar-refractivity contribution in [3.05, 3.63) is 65.0 Å². The molecule has 2 aromatic carbocycles. The molecule has 0 aliphatic rings. The van der Waals surface area contributed by atoms with Crippen molar-refractivity contribution in [2.24, 2.45) is 0 Å². The minimum atomic E-state index is -1.62. The molecule has 166 valence electrons. The maximum atomic E-state index is 12.3. The van der Waals surface area contributed by atoms with Crippen molar-refractivity contribution in [2.75, 3.05) is 0 Å². The topological polar surface area (TPSA) is 149 Å². The lowest BCUT2D eigenvalue weighted by atomic mass is 10.0. The number of rotatable bonds is 9. The number of carboxylic acid groups (broad SMARTS) is 2. The van der Waals surface area contributed by atoms with Crippen LogP contribution in [0.1, 0.15) is 19.8 Å². The van der Waals surface area contributed by atoms with Crippen molar-refractivity contribution < 1.29 is 33.8 Å². The van der Waals surface area contributed by atoms with Gasteiger partial charge < -0.3 is 34.3 Å². The molecule has 2 atom stereocenters. The van der Waals surface area contributed by atoms with Crippen LogP contribution in [0.15, 0.2) is 63.8 Å². The predicted octanol–water partition coefficient (Wildman–Crippen LogP) is -0.00790. The van der Waals surface area contributed by atoms with Gasteiger partial charge in [-0.3, -0.25) is 4.79 Å². The Kier molecular flexibility index (Phi) is 6.89. The molecule has 9 heteroatoms. The molecule has 0 saturated heterocycles. The minimum absolute atomic E-state index is 0.216. The third kappa shape index (κ3) is 5.51. The summed E-state index contributed by atoms with van der Waals surface area (Å²) in [6.07, 6.45) is -2.06. The van der Waals surface area contributed by atoms with E-state index in [1.54, 1.807) is 12.1 Å². The summed E-state index contributed by atoms with van der Waals surface area (Å²) in [5.41, 5.74) is 1.21. The van der Waals surface area contributed by atoms with Gasteiger partial charge in [0.05, 0.1) is 12.0 Å². The monoisotopic (exact) mass is 437 g/mol. The van der Waals surface area contributed by atoms with E-state index < -0.39 is 42.0 Å². The number of hydrogen-bond acceptors (Lipinski definition) is 8. The largest absolute Gasteiger partial charge is 0.550 e. The lowest BCUT2D eigenvalue weighted by Crippen LogP contribution is -2.51. The molecule has 0 saturated carbocycles. The maximum Gasteiger partial charge on any atom is 0.336 e. The highest BCUT2D eigenvalue weighted by atomic mass is 16.5. The molecule has 9 nitrogen and oxygen atoms in total. The van der Waals surface area contributed by atoms with Crippen LogP contribution in [0.25, 0.3) is 22.1 Å². The number of hydrogen-bond donors (Lipinski definition) is 1. The highest BCUT2D eigenvalue weighted by molar-refractivity contribution is 5.94. The summed E-state index contributed by atoms with van der Waals surface area (Å²) in [5, 5.41) is 24.5. The van der Waals surface area contributed by atoms with Crippen molar-refractivity contribution in [3.63, 3.8) is 0 Å². The van der Waals surface area contributed by atoms with Gasteiger partial charge in [-0.05, 0) is 43.0 Å². The quantitative estimate of drug-likeness (QED) is 0.460. The highest BCUT2D eigenvalue weighted by Crippen LogP contribution is 2.29. The van der Waals surface area contributed by atoms with Crippen LogP contribution in [-0.2, 0) is 14.4 Å². The Morgan fingerprint density at radius 3 is 2.44 bits per heavy atom. The van der Waals surface area contributed by atoms with Gasteiger partial charge in [0, 0.05) is 23.5 Å². The lowest BCUT2D eigenvalue weighted by molar-refractivity contribution is -0.310. The van der Waals surface area contributed by atoms with Crippen LogP contribution in [0.2, 0.25) is 0 Å². The van der Waals surface area contributed by atoms with Crippen molar-refractivity contribution in [2.45, 2.75) is 31.9 Å². The smallest absolute Gasteiger partial charge is 0.336 e. The van der Waals surface area contributed by atoms with Gasteiger partial charge in [0.2, 0.25) is 0 Å². The number of benzene rings is 2. The van der Waals surface area contributed by atoms with E-state index in [0.29, 0.717) is 10.9 Å². The molecule has 0 unspecified atom stereocenters. The standard InChI is InChI=1S/C23H21NO8/c1-13(22(28)24-18(23(29)30)9-10-20(25)26)31-15-7-8-16-17(14-5-3-2-4-6-14)12-21(27)32-19(16)11-15/h2-8,11-13,18H,9-10H2,1H3,(H,24,28)(H,25,26)(H,29,30)/p-2/t13-,18+/m1/s1. The summed E-state index contributed by atoms with van der Waals surface area (Å²) < 4.78 is 10.8. The van der Waals surface area contributed by atoms with E-state index in [0.717, 1.165) is 5.56 Å². The molecule has 0 radical (unpaired) electrons. The van der Waals surface area contributed by atoms with Gasteiger partial charge >= 0.3 is 5.63 Å². The summed E-state index contributed by atoms with van der Waals surface area (Å²) in [4.78, 5) is 46.0. The van der Waals surface area contributed by atoms with E-state index in [4.69, 9.17) is 9.15 Å². The second-order valence-electron chi connectivity index (χ2n) is 7.05. The Bertz CT molecular complexity index is 1200. The number of carbonyl (C=O) groups excluding carboxylic acids is 3. The third-order valence-electron chi connectivity index (χ3n) is 4.72. The first-order chi connectivity index (χ1) is 15.2. The van der Waals surface area contributed by atoms with Gasteiger partial charge in [-0.15, -0.1) is 0 Å². The average Bonchev–Trinajstić information content (AvgIpc) is 2.75. The van der Waals surface area contributed by atoms with Crippen molar-refractivity contribution in [1.82, 2.24) is 5.32 Å². The predicted molar refractivity (Wildman–Crippen MR) is 109 cm³/mol. The van der Waals surface area contributed by atoms with Crippen LogP contribution in [-0.4, -0.2) is 30.0 Å². The number of nitrogens with one attached hydrogen (secondary N) is 1. The van der Waals surface area contributed by atoms with Crippen LogP contribution in [0, 0.1) is 0 Å². The zero-order valence-electron chi connectivity index (χ0n) is 17.0. The van der Waals surface area contributed by atoms with Crippen LogP contribution < -0.4 is 25.9 Å². The van der Waals surface area contributed by atoms with Crippen LogP contribution in [0.4, 0.5) is 0 Å². The number of amides is 1. The Balaban J connectivity index is 1.78. The van der Waals surface area contributed by atoms with E-state index in [1.807, 2.05) is 30.3 Å². The molecule has 0 spiro atoms. The lowest BCUT2D eigenvalue weighted by Gasteiger charge is -2.22. The zero-order valence-corrected chi connectivity index (χ0v) is 17.0. The summed E-state index contributed by atoms with van der Waals surface area (Å²) >= 11 is 0. The molecular weight excluding hydrogens is 418 g/mol. The second kappa shape index (κ2) is 9.78. The van der Waals surface area contributed by atoms with Crippen LogP contribution in [0.5, 0.6) is 5.75 Å².